The summed E-state index contributed by atoms with van der Waals surface area (Å²) in [7, 11) is 1.66. The number of carboxylic acids is 1. The zero-order valence-electron chi connectivity index (χ0n) is 12.3. The summed E-state index contributed by atoms with van der Waals surface area (Å²) in [5, 5.41) is 11.9. The van der Waals surface area contributed by atoms with Gasteiger partial charge in [0.25, 0.3) is 0 Å². The van der Waals surface area contributed by atoms with Crippen LogP contribution in [0, 0.1) is 11.8 Å². The summed E-state index contributed by atoms with van der Waals surface area (Å²) >= 11 is 0. The van der Waals surface area contributed by atoms with E-state index in [2.05, 4.69) is 19.2 Å². The van der Waals surface area contributed by atoms with Gasteiger partial charge in [0.2, 0.25) is 5.91 Å². The van der Waals surface area contributed by atoms with Crippen LogP contribution in [-0.4, -0.2) is 47.6 Å². The Morgan fingerprint density at radius 3 is 2.58 bits per heavy atom. The topological polar surface area (TPSA) is 69.6 Å². The van der Waals surface area contributed by atoms with Crippen molar-refractivity contribution in [1.82, 2.24) is 10.2 Å². The molecule has 0 aliphatic heterocycles. The highest BCUT2D eigenvalue weighted by Crippen LogP contribution is 2.29. The second kappa shape index (κ2) is 6.89. The molecule has 19 heavy (non-hydrogen) atoms. The van der Waals surface area contributed by atoms with E-state index < -0.39 is 12.0 Å². The van der Waals surface area contributed by atoms with Crippen molar-refractivity contribution in [1.29, 1.82) is 0 Å². The van der Waals surface area contributed by atoms with E-state index in [1.165, 1.54) is 6.42 Å². The van der Waals surface area contributed by atoms with Crippen LogP contribution in [0.1, 0.15) is 40.0 Å². The first-order valence-electron chi connectivity index (χ1n) is 7.05. The Kier molecular flexibility index (Phi) is 5.79. The average Bonchev–Trinajstić information content (AvgIpc) is 2.33. The molecule has 110 valence electrons. The highest BCUT2D eigenvalue weighted by Gasteiger charge is 2.28. The number of nitrogens with zero attached hydrogens (tertiary/aromatic N) is 1. The summed E-state index contributed by atoms with van der Waals surface area (Å²) in [5.74, 6) is 0.131. The number of hydrogen-bond acceptors (Lipinski definition) is 3. The summed E-state index contributed by atoms with van der Waals surface area (Å²) in [6, 6.07) is -0.418. The van der Waals surface area contributed by atoms with Crippen LogP contribution in [0.2, 0.25) is 0 Å². The maximum atomic E-state index is 12.0. The second-order valence-corrected chi connectivity index (χ2v) is 5.87. The monoisotopic (exact) mass is 270 g/mol. The molecule has 1 rings (SSSR count). The fraction of sp³-hybridized carbons (Fsp3) is 0.857. The molecule has 4 atom stereocenters. The molecule has 0 saturated heterocycles. The molecule has 0 aromatic heterocycles. The third-order valence-electron chi connectivity index (χ3n) is 4.46. The van der Waals surface area contributed by atoms with Crippen LogP contribution >= 0.6 is 0 Å². The normalized spacial score (nSPS) is 29.0. The number of nitrogens with one attached hydrogen (secondary N) is 1. The van der Waals surface area contributed by atoms with E-state index >= 15 is 0 Å². The van der Waals surface area contributed by atoms with Crippen LogP contribution in [0.5, 0.6) is 0 Å². The quantitative estimate of drug-likeness (QED) is 0.791. The average molecular weight is 270 g/mol. The number of amides is 1. The van der Waals surface area contributed by atoms with Gasteiger partial charge >= 0.3 is 5.97 Å². The summed E-state index contributed by atoms with van der Waals surface area (Å²) < 4.78 is 0. The minimum absolute atomic E-state index is 0.0819. The molecule has 0 aromatic rings. The van der Waals surface area contributed by atoms with Crippen molar-refractivity contribution in [2.75, 3.05) is 13.6 Å². The lowest BCUT2D eigenvalue weighted by molar-refractivity contribution is -0.142. The van der Waals surface area contributed by atoms with Gasteiger partial charge in [-0.15, -0.1) is 0 Å². The van der Waals surface area contributed by atoms with Gasteiger partial charge in [-0.2, -0.15) is 0 Å². The lowest BCUT2D eigenvalue weighted by atomic mass is 9.78. The smallest absolute Gasteiger partial charge is 0.320 e. The SMILES string of the molecule is C[C@@H]1[C@H](C)CCC[C@@H]1NC(=O)CN(C)[C@H](C)C(=O)O. The van der Waals surface area contributed by atoms with Gasteiger partial charge in [0.05, 0.1) is 6.54 Å². The first-order valence-corrected chi connectivity index (χ1v) is 7.05. The predicted molar refractivity (Wildman–Crippen MR) is 73.8 cm³/mol. The Bertz CT molecular complexity index is 333. The Labute approximate surface area is 115 Å². The molecule has 1 amide bonds. The molecule has 1 fully saturated rings. The lowest BCUT2D eigenvalue weighted by Crippen LogP contribution is -2.48. The van der Waals surface area contributed by atoms with Crippen molar-refractivity contribution in [2.45, 2.75) is 52.1 Å². The molecule has 0 aromatic carbocycles. The summed E-state index contributed by atoms with van der Waals surface area (Å²) in [6.07, 6.45) is 3.40. The van der Waals surface area contributed by atoms with Gasteiger partial charge < -0.3 is 10.4 Å². The summed E-state index contributed by atoms with van der Waals surface area (Å²) in [6.45, 7) is 6.12. The van der Waals surface area contributed by atoms with Gasteiger partial charge in [0.1, 0.15) is 6.04 Å². The van der Waals surface area contributed by atoms with Crippen molar-refractivity contribution < 1.29 is 14.7 Å². The number of aliphatic carboxylic acids is 1. The van der Waals surface area contributed by atoms with Crippen molar-refractivity contribution >= 4 is 11.9 Å². The number of hydrogen-bond donors (Lipinski definition) is 2. The molecule has 5 nitrogen and oxygen atoms in total. The van der Waals surface area contributed by atoms with Crippen LogP contribution in [0.15, 0.2) is 0 Å². The molecule has 0 spiro atoms. The minimum Gasteiger partial charge on any atom is -0.480 e. The molecular weight excluding hydrogens is 244 g/mol. The van der Waals surface area contributed by atoms with Gasteiger partial charge in [-0.05, 0) is 32.2 Å². The Balaban J connectivity index is 2.44. The number of carboxylic acid groups (broad SMARTS) is 1. The molecule has 0 radical (unpaired) electrons. The van der Waals surface area contributed by atoms with Crippen molar-refractivity contribution in [3.05, 3.63) is 0 Å². The Morgan fingerprint density at radius 1 is 1.37 bits per heavy atom. The van der Waals surface area contributed by atoms with Crippen LogP contribution in [0.25, 0.3) is 0 Å². The van der Waals surface area contributed by atoms with Crippen molar-refractivity contribution in [2.24, 2.45) is 11.8 Å². The lowest BCUT2D eigenvalue weighted by Gasteiger charge is -2.35. The van der Waals surface area contributed by atoms with Gasteiger partial charge in [-0.25, -0.2) is 0 Å². The second-order valence-electron chi connectivity index (χ2n) is 5.87. The predicted octanol–water partition coefficient (Wildman–Crippen LogP) is 1.33. The first-order chi connectivity index (χ1) is 8.82. The van der Waals surface area contributed by atoms with Crippen LogP contribution in [0.4, 0.5) is 0 Å². The van der Waals surface area contributed by atoms with Crippen molar-refractivity contribution in [3.8, 4) is 0 Å². The van der Waals surface area contributed by atoms with Gasteiger partial charge in [-0.3, -0.25) is 14.5 Å². The zero-order valence-corrected chi connectivity index (χ0v) is 12.3. The number of carbonyl (C=O) groups excluding carboxylic acids is 1. The molecular formula is C14H26N2O3. The Hall–Kier alpha value is -1.10. The third kappa shape index (κ3) is 4.49. The number of rotatable bonds is 5. The van der Waals surface area contributed by atoms with Gasteiger partial charge in [0.15, 0.2) is 0 Å². The van der Waals surface area contributed by atoms with Gasteiger partial charge in [0, 0.05) is 6.04 Å². The largest absolute Gasteiger partial charge is 0.480 e. The molecule has 2 N–H and O–H groups in total. The van der Waals surface area contributed by atoms with E-state index in [1.807, 2.05) is 0 Å². The highest BCUT2D eigenvalue weighted by atomic mass is 16.4. The molecule has 1 aliphatic carbocycles. The molecule has 0 bridgehead atoms. The third-order valence-corrected chi connectivity index (χ3v) is 4.46. The summed E-state index contributed by atoms with van der Waals surface area (Å²) in [4.78, 5) is 24.3. The molecule has 1 saturated carbocycles. The maximum Gasteiger partial charge on any atom is 0.320 e. The van der Waals surface area contributed by atoms with E-state index in [-0.39, 0.29) is 18.5 Å². The van der Waals surface area contributed by atoms with E-state index in [9.17, 15) is 9.59 Å². The van der Waals surface area contributed by atoms with E-state index in [4.69, 9.17) is 5.11 Å². The molecule has 5 heteroatoms. The standard InChI is InChI=1S/C14H26N2O3/c1-9-6-5-7-12(10(9)2)15-13(17)8-16(4)11(3)14(18)19/h9-12H,5-8H2,1-4H3,(H,15,17)(H,18,19)/t9-,10-,11-,12+/m1/s1. The van der Waals surface area contributed by atoms with Crippen molar-refractivity contribution in [3.63, 3.8) is 0 Å². The fourth-order valence-electron chi connectivity index (χ4n) is 2.59. The molecule has 0 heterocycles. The molecule has 1 aliphatic rings. The fourth-order valence-corrected chi connectivity index (χ4v) is 2.59. The summed E-state index contributed by atoms with van der Waals surface area (Å²) in [5.41, 5.74) is 0. The van der Waals surface area contributed by atoms with E-state index in [0.717, 1.165) is 12.8 Å². The number of carbonyl (C=O) groups is 2. The molecule has 0 unspecified atom stereocenters. The van der Waals surface area contributed by atoms with Crippen LogP contribution < -0.4 is 5.32 Å². The van der Waals surface area contributed by atoms with Crippen LogP contribution in [0.3, 0.4) is 0 Å². The first kappa shape index (κ1) is 16.0. The maximum absolute atomic E-state index is 12.0. The van der Waals surface area contributed by atoms with E-state index in [1.54, 1.807) is 18.9 Å². The van der Waals surface area contributed by atoms with E-state index in [0.29, 0.717) is 11.8 Å². The van der Waals surface area contributed by atoms with Crippen LogP contribution in [-0.2, 0) is 9.59 Å². The highest BCUT2D eigenvalue weighted by molar-refractivity contribution is 5.80. The Morgan fingerprint density at radius 2 is 2.00 bits per heavy atom. The number of likely N-dealkylation sites (N-methyl/N-ethyl adjacent to an activating group) is 1. The zero-order chi connectivity index (χ0) is 14.6. The van der Waals surface area contributed by atoms with Gasteiger partial charge in [-0.1, -0.05) is 26.7 Å². The minimum atomic E-state index is -0.907.